The molecule has 1 aromatic rings. The van der Waals surface area contributed by atoms with E-state index in [4.69, 9.17) is 4.74 Å². The maximum Gasteiger partial charge on any atom is 0.393 e. The molecule has 1 aromatic carbocycles. The molecule has 0 aliphatic carbocycles. The minimum atomic E-state index is -4.35. The van der Waals surface area contributed by atoms with E-state index < -0.39 is 34.6 Å². The minimum absolute atomic E-state index is 0.00227. The number of likely N-dealkylation sites (tertiary alicyclic amines) is 1. The lowest BCUT2D eigenvalue weighted by molar-refractivity contribution is -0.184. The van der Waals surface area contributed by atoms with Crippen molar-refractivity contribution in [1.82, 2.24) is 9.21 Å². The standard InChI is InChI=1S/C18H23F3N2O4S/c1-13-4-5-15(28(25,26)23-7-9-27-10-8-23)11-16(13)17(24)22-6-2-3-14(12-22)18(19,20)21/h4-5,11,14H,2-3,6-10,12H2,1H3. The van der Waals surface area contributed by atoms with E-state index in [0.717, 1.165) is 0 Å². The Labute approximate surface area is 162 Å². The number of nitrogens with zero attached hydrogens (tertiary/aromatic N) is 2. The molecule has 1 unspecified atom stereocenters. The van der Waals surface area contributed by atoms with Gasteiger partial charge in [-0.1, -0.05) is 6.07 Å². The molecule has 2 fully saturated rings. The summed E-state index contributed by atoms with van der Waals surface area (Å²) in [5.74, 6) is -2.11. The predicted octanol–water partition coefficient (Wildman–Crippen LogP) is 2.43. The van der Waals surface area contributed by atoms with Gasteiger partial charge in [-0.15, -0.1) is 0 Å². The third-order valence-corrected chi connectivity index (χ3v) is 7.11. The first-order chi connectivity index (χ1) is 13.1. The molecule has 0 saturated carbocycles. The largest absolute Gasteiger partial charge is 0.393 e. The van der Waals surface area contributed by atoms with Crippen LogP contribution >= 0.6 is 0 Å². The van der Waals surface area contributed by atoms with Gasteiger partial charge in [-0.3, -0.25) is 4.79 Å². The highest BCUT2D eigenvalue weighted by Crippen LogP contribution is 2.34. The zero-order valence-corrected chi connectivity index (χ0v) is 16.4. The van der Waals surface area contributed by atoms with E-state index in [1.807, 2.05) is 0 Å². The van der Waals surface area contributed by atoms with E-state index in [2.05, 4.69) is 0 Å². The monoisotopic (exact) mass is 420 g/mol. The third-order valence-electron chi connectivity index (χ3n) is 5.22. The van der Waals surface area contributed by atoms with Gasteiger partial charge < -0.3 is 9.64 Å². The molecular weight excluding hydrogens is 397 g/mol. The Hall–Kier alpha value is -1.65. The number of piperidine rings is 1. The molecule has 0 N–H and O–H groups in total. The molecule has 2 aliphatic rings. The smallest absolute Gasteiger partial charge is 0.379 e. The van der Waals surface area contributed by atoms with Gasteiger partial charge in [-0.25, -0.2) is 8.42 Å². The van der Waals surface area contributed by atoms with Crippen molar-refractivity contribution in [2.45, 2.75) is 30.8 Å². The van der Waals surface area contributed by atoms with Crippen LogP contribution in [0.1, 0.15) is 28.8 Å². The number of hydrogen-bond donors (Lipinski definition) is 0. The van der Waals surface area contributed by atoms with Crippen LogP contribution in [0.15, 0.2) is 23.1 Å². The number of sulfonamides is 1. The van der Waals surface area contributed by atoms with E-state index >= 15 is 0 Å². The van der Waals surface area contributed by atoms with E-state index in [1.165, 1.54) is 27.4 Å². The summed E-state index contributed by atoms with van der Waals surface area (Å²) in [7, 11) is -3.80. The van der Waals surface area contributed by atoms with Crippen LogP contribution in [0.4, 0.5) is 13.2 Å². The average molecular weight is 420 g/mol. The highest BCUT2D eigenvalue weighted by atomic mass is 32.2. The summed E-state index contributed by atoms with van der Waals surface area (Å²) >= 11 is 0. The van der Waals surface area contributed by atoms with Crippen molar-refractivity contribution >= 4 is 15.9 Å². The van der Waals surface area contributed by atoms with Gasteiger partial charge in [-0.05, 0) is 37.5 Å². The van der Waals surface area contributed by atoms with Crippen LogP contribution in [-0.2, 0) is 14.8 Å². The average Bonchev–Trinajstić information content (AvgIpc) is 2.68. The molecular formula is C18H23F3N2O4S. The normalized spacial score (nSPS) is 22.3. The maximum absolute atomic E-state index is 13.1. The molecule has 10 heteroatoms. The molecule has 2 heterocycles. The topological polar surface area (TPSA) is 66.9 Å². The number of morpholine rings is 1. The van der Waals surface area contributed by atoms with Gasteiger partial charge in [0.15, 0.2) is 0 Å². The van der Waals surface area contributed by atoms with Crippen molar-refractivity contribution in [2.75, 3.05) is 39.4 Å². The molecule has 0 aromatic heterocycles. The Morgan fingerprint density at radius 3 is 2.50 bits per heavy atom. The van der Waals surface area contributed by atoms with E-state index in [9.17, 15) is 26.4 Å². The van der Waals surface area contributed by atoms with Crippen LogP contribution in [0.3, 0.4) is 0 Å². The molecule has 156 valence electrons. The Balaban J connectivity index is 1.86. The summed E-state index contributed by atoms with van der Waals surface area (Å²) in [6.07, 6.45) is -4.09. The van der Waals surface area contributed by atoms with Crippen LogP contribution in [0.2, 0.25) is 0 Å². The molecule has 6 nitrogen and oxygen atoms in total. The Morgan fingerprint density at radius 2 is 1.86 bits per heavy atom. The van der Waals surface area contributed by atoms with Gasteiger partial charge in [0.05, 0.1) is 24.0 Å². The van der Waals surface area contributed by atoms with Crippen molar-refractivity contribution in [3.8, 4) is 0 Å². The lowest BCUT2D eigenvalue weighted by atomic mass is 9.96. The van der Waals surface area contributed by atoms with Gasteiger partial charge >= 0.3 is 6.18 Å². The first kappa shape index (κ1) is 21.1. The first-order valence-electron chi connectivity index (χ1n) is 9.15. The van der Waals surface area contributed by atoms with Crippen molar-refractivity contribution < 1.29 is 31.1 Å². The maximum atomic E-state index is 13.1. The number of carbonyl (C=O) groups excluding carboxylic acids is 1. The van der Waals surface area contributed by atoms with E-state index in [0.29, 0.717) is 18.8 Å². The molecule has 2 aliphatic heterocycles. The fourth-order valence-electron chi connectivity index (χ4n) is 3.53. The highest BCUT2D eigenvalue weighted by molar-refractivity contribution is 7.89. The predicted molar refractivity (Wildman–Crippen MR) is 95.4 cm³/mol. The molecule has 1 atom stereocenters. The number of hydrogen-bond acceptors (Lipinski definition) is 4. The Bertz CT molecular complexity index is 836. The minimum Gasteiger partial charge on any atom is -0.379 e. The summed E-state index contributed by atoms with van der Waals surface area (Å²) in [5, 5.41) is 0. The van der Waals surface area contributed by atoms with Crippen LogP contribution < -0.4 is 0 Å². The van der Waals surface area contributed by atoms with Crippen LogP contribution in [0.5, 0.6) is 0 Å². The summed E-state index contributed by atoms with van der Waals surface area (Å²) in [4.78, 5) is 14.0. The lowest BCUT2D eigenvalue weighted by Gasteiger charge is -2.34. The summed E-state index contributed by atoms with van der Waals surface area (Å²) in [6, 6.07) is 4.22. The fraction of sp³-hybridized carbons (Fsp3) is 0.611. The zero-order chi connectivity index (χ0) is 20.5. The summed E-state index contributed by atoms with van der Waals surface area (Å²) in [5.41, 5.74) is 0.650. The van der Waals surface area contributed by atoms with E-state index in [-0.39, 0.29) is 42.9 Å². The van der Waals surface area contributed by atoms with E-state index in [1.54, 1.807) is 6.92 Å². The number of carbonyl (C=O) groups is 1. The zero-order valence-electron chi connectivity index (χ0n) is 15.5. The molecule has 0 spiro atoms. The second-order valence-electron chi connectivity index (χ2n) is 7.13. The quantitative estimate of drug-likeness (QED) is 0.753. The molecule has 2 saturated heterocycles. The second kappa shape index (κ2) is 8.00. The number of amides is 1. The van der Waals surface area contributed by atoms with Crippen LogP contribution in [0.25, 0.3) is 0 Å². The summed E-state index contributed by atoms with van der Waals surface area (Å²) < 4.78 is 71.3. The highest BCUT2D eigenvalue weighted by Gasteiger charge is 2.43. The summed E-state index contributed by atoms with van der Waals surface area (Å²) in [6.45, 7) is 2.50. The number of alkyl halides is 3. The number of halogens is 3. The Morgan fingerprint density at radius 1 is 1.18 bits per heavy atom. The van der Waals surface area contributed by atoms with Gasteiger partial charge in [0, 0.05) is 31.7 Å². The molecule has 3 rings (SSSR count). The van der Waals surface area contributed by atoms with Gasteiger partial charge in [0.25, 0.3) is 5.91 Å². The van der Waals surface area contributed by atoms with Crippen molar-refractivity contribution in [3.05, 3.63) is 29.3 Å². The van der Waals surface area contributed by atoms with Crippen molar-refractivity contribution in [2.24, 2.45) is 5.92 Å². The molecule has 28 heavy (non-hydrogen) atoms. The second-order valence-corrected chi connectivity index (χ2v) is 9.06. The number of rotatable bonds is 3. The fourth-order valence-corrected chi connectivity index (χ4v) is 4.96. The van der Waals surface area contributed by atoms with Crippen LogP contribution in [-0.4, -0.2) is 69.1 Å². The lowest BCUT2D eigenvalue weighted by Crippen LogP contribution is -2.45. The number of aryl methyl sites for hydroxylation is 1. The van der Waals surface area contributed by atoms with Crippen molar-refractivity contribution in [3.63, 3.8) is 0 Å². The van der Waals surface area contributed by atoms with Crippen molar-refractivity contribution in [1.29, 1.82) is 0 Å². The van der Waals surface area contributed by atoms with Gasteiger partial charge in [-0.2, -0.15) is 17.5 Å². The first-order valence-corrected chi connectivity index (χ1v) is 10.6. The van der Waals surface area contributed by atoms with Gasteiger partial charge in [0.1, 0.15) is 0 Å². The van der Waals surface area contributed by atoms with Gasteiger partial charge in [0.2, 0.25) is 10.0 Å². The molecule has 0 radical (unpaired) electrons. The number of benzene rings is 1. The molecule has 1 amide bonds. The molecule has 0 bridgehead atoms. The third kappa shape index (κ3) is 4.33. The van der Waals surface area contributed by atoms with Crippen LogP contribution in [0, 0.1) is 12.8 Å². The Kier molecular flexibility index (Phi) is 6.02. The number of ether oxygens (including phenoxy) is 1. The SMILES string of the molecule is Cc1ccc(S(=O)(=O)N2CCOCC2)cc1C(=O)N1CCCC(C(F)(F)F)C1.